The summed E-state index contributed by atoms with van der Waals surface area (Å²) < 4.78 is 245. The van der Waals surface area contributed by atoms with Crippen LogP contribution in [0.15, 0.2) is 36.4 Å². The lowest BCUT2D eigenvalue weighted by atomic mass is 9.88. The van der Waals surface area contributed by atoms with Gasteiger partial charge in [0, 0.05) is 6.42 Å². The largest absolute Gasteiger partial charge is 0.494 e. The number of ether oxygens (including phenoxy) is 2. The third-order valence-corrected chi connectivity index (χ3v) is 13.6. The molecule has 0 saturated carbocycles. The highest BCUT2D eigenvalue weighted by Crippen LogP contribution is 2.64. The maximum Gasteiger partial charge on any atom is 0.460 e. The molecule has 4 nitrogen and oxygen atoms in total. The Morgan fingerprint density at radius 1 is 0.719 bits per heavy atom. The van der Waals surface area contributed by atoms with Crippen LogP contribution in [0.5, 0.6) is 5.75 Å². The Bertz CT molecular complexity index is 1530. The number of allylic oxidation sites excluding steroid dienone is 1. The number of halogens is 20. The summed E-state index contributed by atoms with van der Waals surface area (Å²) in [7, 11) is -2.38. The summed E-state index contributed by atoms with van der Waals surface area (Å²) in [5, 5.41) is -0.226. The molecule has 0 saturated heterocycles. The first-order valence-corrected chi connectivity index (χ1v) is 20.1. The normalized spacial score (nSPS) is 16.2. The number of hydrogen-bond donors (Lipinski definition) is 0. The average molecular weight is 942 g/mol. The molecule has 0 N–H and O–H groups in total. The van der Waals surface area contributed by atoms with Crippen molar-refractivity contribution >= 4 is 48.9 Å². The van der Waals surface area contributed by atoms with Crippen molar-refractivity contribution in [1.82, 2.24) is 0 Å². The van der Waals surface area contributed by atoms with E-state index in [2.05, 4.69) is 0 Å². The number of alkyl halides is 20. The lowest BCUT2D eigenvalue weighted by Crippen LogP contribution is -2.74. The molecule has 0 unspecified atom stereocenters. The van der Waals surface area contributed by atoms with E-state index < -0.39 is 104 Å². The molecular formula is C32H36Cl3F17O4Si. The third-order valence-electron chi connectivity index (χ3n) is 8.65. The van der Waals surface area contributed by atoms with Crippen molar-refractivity contribution < 1.29 is 93.3 Å². The van der Waals surface area contributed by atoms with Crippen molar-refractivity contribution in [2.75, 3.05) is 6.61 Å². The molecule has 1 aromatic rings. The van der Waals surface area contributed by atoms with Gasteiger partial charge in [0.15, 0.2) is 17.9 Å². The van der Waals surface area contributed by atoms with Crippen LogP contribution >= 0.6 is 34.8 Å². The van der Waals surface area contributed by atoms with Crippen LogP contribution < -0.4 is 4.74 Å². The first-order valence-electron chi connectivity index (χ1n) is 16.0. The van der Waals surface area contributed by atoms with E-state index in [4.69, 9.17) is 48.7 Å². The molecule has 0 aliphatic heterocycles. The fourth-order valence-electron chi connectivity index (χ4n) is 4.23. The number of carbonyl (C=O) groups is 1. The number of ketones is 1. The minimum Gasteiger partial charge on any atom is -0.494 e. The second-order valence-corrected chi connectivity index (χ2v) is 21.5. The predicted molar refractivity (Wildman–Crippen MR) is 177 cm³/mol. The lowest BCUT2D eigenvalue weighted by molar-refractivity contribution is -0.461. The minimum atomic E-state index is -8.68. The summed E-state index contributed by atoms with van der Waals surface area (Å²) in [4.78, 5) is 12.3. The van der Waals surface area contributed by atoms with E-state index in [9.17, 15) is 79.4 Å². The van der Waals surface area contributed by atoms with Gasteiger partial charge in [0.2, 0.25) is 0 Å². The second kappa shape index (κ2) is 17.7. The van der Waals surface area contributed by atoms with Crippen LogP contribution in [0, 0.1) is 0 Å². The smallest absolute Gasteiger partial charge is 0.460 e. The van der Waals surface area contributed by atoms with Crippen molar-refractivity contribution in [2.45, 2.75) is 135 Å². The van der Waals surface area contributed by atoms with Crippen LogP contribution in [0.3, 0.4) is 0 Å². The highest BCUT2D eigenvalue weighted by atomic mass is 35.6. The third kappa shape index (κ3) is 11.8. The first-order chi connectivity index (χ1) is 25.0. The van der Waals surface area contributed by atoms with Crippen molar-refractivity contribution in [1.29, 1.82) is 0 Å². The van der Waals surface area contributed by atoms with Crippen LogP contribution in [-0.4, -0.2) is 84.3 Å². The van der Waals surface area contributed by atoms with Crippen LogP contribution in [0.1, 0.15) is 52.5 Å². The standard InChI is InChI=1S/C32H36Cl3F17O4Si/c1-18(56-57(5,6)23(2,3)4)22(13-10-20(53)16-25(33,34)35)55-17-19-8-11-21(12-9-19)54-15-7-14-24(36,37)26(38,39)27(40,41)28(42,43)29(44,45)30(46,47)31(48,49)32(50,51)52/h8-13,18,22H,7,14-17H2,1-6H3/b13-10+/t18-,22+/m0/s1. The van der Waals surface area contributed by atoms with Gasteiger partial charge in [-0.1, -0.05) is 67.7 Å². The van der Waals surface area contributed by atoms with E-state index >= 15 is 0 Å². The SMILES string of the molecule is C[C@H](O[Si](C)(C)C(C)(C)C)[C@@H](/C=C/C(=O)CC(Cl)(Cl)Cl)OCc1ccc(OCCCC(F)(F)C(F)(F)C(F)(F)C(F)(F)C(F)(F)C(F)(F)C(F)(F)C(F)(F)F)cc1. The van der Waals surface area contributed by atoms with Crippen molar-refractivity contribution in [3.8, 4) is 5.75 Å². The fraction of sp³-hybridized carbons (Fsp3) is 0.719. The van der Waals surface area contributed by atoms with Gasteiger partial charge < -0.3 is 13.9 Å². The molecule has 0 aliphatic carbocycles. The molecule has 1 aromatic carbocycles. The minimum absolute atomic E-state index is 0.169. The number of rotatable bonds is 20. The summed E-state index contributed by atoms with van der Waals surface area (Å²) in [5.74, 6) is -57.4. The molecule has 0 spiro atoms. The molecule has 1 rings (SSSR count). The fourth-order valence-corrected chi connectivity index (χ4v) is 6.04. The maximum atomic E-state index is 14.2. The molecule has 0 aromatic heterocycles. The molecule has 332 valence electrons. The molecule has 0 heterocycles. The molecule has 0 aliphatic rings. The van der Waals surface area contributed by atoms with Gasteiger partial charge in [-0.3, -0.25) is 4.79 Å². The molecular weight excluding hydrogens is 906 g/mol. The quantitative estimate of drug-likeness (QED) is 0.0430. The molecule has 57 heavy (non-hydrogen) atoms. The number of carbonyl (C=O) groups excluding carboxylic acids is 1. The van der Waals surface area contributed by atoms with Gasteiger partial charge in [-0.05, 0) is 61.3 Å². The lowest BCUT2D eigenvalue weighted by Gasteiger charge is -2.42. The van der Waals surface area contributed by atoms with Gasteiger partial charge in [0.05, 0.1) is 25.7 Å². The van der Waals surface area contributed by atoms with E-state index in [1.54, 1.807) is 6.92 Å². The zero-order valence-corrected chi connectivity index (χ0v) is 33.6. The van der Waals surface area contributed by atoms with Crippen LogP contribution in [0.4, 0.5) is 74.6 Å². The summed E-state index contributed by atoms with van der Waals surface area (Å²) in [5.41, 5.74) is 0.401. The maximum absolute atomic E-state index is 14.2. The van der Waals surface area contributed by atoms with Crippen LogP contribution in [0.25, 0.3) is 0 Å². The van der Waals surface area contributed by atoms with Crippen molar-refractivity contribution in [3.05, 3.63) is 42.0 Å². The van der Waals surface area contributed by atoms with Gasteiger partial charge in [0.25, 0.3) is 0 Å². The molecule has 0 fully saturated rings. The topological polar surface area (TPSA) is 44.8 Å². The highest BCUT2D eigenvalue weighted by molar-refractivity contribution is 6.74. The predicted octanol–water partition coefficient (Wildman–Crippen LogP) is 13.0. The number of benzene rings is 1. The van der Waals surface area contributed by atoms with E-state index in [0.29, 0.717) is 5.56 Å². The first kappa shape index (κ1) is 53.3. The van der Waals surface area contributed by atoms with Crippen LogP contribution in [0.2, 0.25) is 18.1 Å². The zero-order valence-electron chi connectivity index (χ0n) is 30.3. The number of hydrogen-bond acceptors (Lipinski definition) is 4. The van der Waals surface area contributed by atoms with Gasteiger partial charge in [0.1, 0.15) is 11.9 Å². The van der Waals surface area contributed by atoms with Crippen molar-refractivity contribution in [3.63, 3.8) is 0 Å². The zero-order chi connectivity index (χ0) is 45.3. The summed E-state index contributed by atoms with van der Waals surface area (Å²) in [6, 6.07) is 4.97. The van der Waals surface area contributed by atoms with Gasteiger partial charge in [-0.25, -0.2) is 0 Å². The van der Waals surface area contributed by atoms with Gasteiger partial charge in [-0.15, -0.1) is 0 Å². The van der Waals surface area contributed by atoms with Gasteiger partial charge >= 0.3 is 47.6 Å². The van der Waals surface area contributed by atoms with Crippen LogP contribution in [-0.2, 0) is 20.6 Å². The Kier molecular flexibility index (Phi) is 16.5. The Labute approximate surface area is 331 Å². The summed E-state index contributed by atoms with van der Waals surface area (Å²) >= 11 is 17.0. The Balaban J connectivity index is 3.08. The Hall–Kier alpha value is -1.75. The highest BCUT2D eigenvalue weighted by Gasteiger charge is 2.95. The molecule has 2 atom stereocenters. The molecule has 0 radical (unpaired) electrons. The molecule has 25 heteroatoms. The Morgan fingerprint density at radius 3 is 1.58 bits per heavy atom. The second-order valence-electron chi connectivity index (χ2n) is 14.2. The summed E-state index contributed by atoms with van der Waals surface area (Å²) in [6.07, 6.45) is -11.3. The van der Waals surface area contributed by atoms with E-state index in [1.807, 2.05) is 33.9 Å². The van der Waals surface area contributed by atoms with E-state index in [-0.39, 0.29) is 17.4 Å². The molecule has 0 bridgehead atoms. The molecule has 0 amide bonds. The van der Waals surface area contributed by atoms with Gasteiger partial charge in [-0.2, -0.15) is 74.6 Å². The average Bonchev–Trinajstić information content (AvgIpc) is 3.00. The monoisotopic (exact) mass is 940 g/mol. The van der Waals surface area contributed by atoms with E-state index in [0.717, 1.165) is 18.2 Å². The summed E-state index contributed by atoms with van der Waals surface area (Å²) in [6.45, 7) is 10.3. The Morgan fingerprint density at radius 2 is 1.16 bits per heavy atom. The van der Waals surface area contributed by atoms with E-state index in [1.165, 1.54) is 18.2 Å². The van der Waals surface area contributed by atoms with Crippen molar-refractivity contribution in [2.24, 2.45) is 0 Å².